The van der Waals surface area contributed by atoms with Crippen molar-refractivity contribution in [2.45, 2.75) is 18.9 Å². The Hall–Kier alpha value is -2.12. The normalized spacial score (nSPS) is 22.7. The van der Waals surface area contributed by atoms with Gasteiger partial charge in [-0.15, -0.1) is 0 Å². The summed E-state index contributed by atoms with van der Waals surface area (Å²) in [4.78, 5) is 18.1. The van der Waals surface area contributed by atoms with Crippen LogP contribution < -0.4 is 0 Å². The Bertz CT molecular complexity index is 765. The van der Waals surface area contributed by atoms with Gasteiger partial charge in [-0.05, 0) is 17.7 Å². The summed E-state index contributed by atoms with van der Waals surface area (Å²) in [6.45, 7) is 1.62. The molecule has 0 radical (unpaired) electrons. The Morgan fingerprint density at radius 2 is 1.83 bits per heavy atom. The summed E-state index contributed by atoms with van der Waals surface area (Å²) in [5, 5.41) is 39.7. The molecule has 0 amide bonds. The van der Waals surface area contributed by atoms with E-state index in [1.54, 1.807) is 19.1 Å². The van der Waals surface area contributed by atoms with Crippen molar-refractivity contribution in [3.8, 4) is 5.75 Å². The lowest BCUT2D eigenvalue weighted by Crippen LogP contribution is -2.35. The molecular weight excluding hydrogens is 337 g/mol. The van der Waals surface area contributed by atoms with E-state index in [1.807, 2.05) is 0 Å². The van der Waals surface area contributed by atoms with Gasteiger partial charge in [-0.1, -0.05) is 19.1 Å². The Morgan fingerprint density at radius 1 is 1.17 bits per heavy atom. The first-order valence-corrected chi connectivity index (χ1v) is 8.59. The van der Waals surface area contributed by atoms with Crippen molar-refractivity contribution >= 4 is 13.5 Å². The number of hydrogen-bond donors (Lipinski definition) is 6. The van der Waals surface area contributed by atoms with Crippen LogP contribution in [0.5, 0.6) is 5.75 Å². The lowest BCUT2D eigenvalue weighted by molar-refractivity contribution is 0.108. The van der Waals surface area contributed by atoms with E-state index >= 15 is 0 Å². The molecule has 9 heteroatoms. The number of aromatic hydroxyl groups is 1. The Balaban J connectivity index is 2.41. The van der Waals surface area contributed by atoms with Crippen LogP contribution in [0.25, 0.3) is 0 Å². The van der Waals surface area contributed by atoms with Gasteiger partial charge in [0.25, 0.3) is 0 Å². The number of allylic oxidation sites excluding steroid dienone is 2. The second-order valence-electron chi connectivity index (χ2n) is 5.53. The third-order valence-corrected chi connectivity index (χ3v) is 4.22. The topological polar surface area (TPSA) is 151 Å². The molecule has 24 heavy (non-hydrogen) atoms. The Labute approximate surface area is 138 Å². The molecule has 0 fully saturated rings. The lowest BCUT2D eigenvalue weighted by atomic mass is 9.81. The number of phenols is 1. The highest BCUT2D eigenvalue weighted by Crippen LogP contribution is 2.40. The Morgan fingerprint density at radius 3 is 2.42 bits per heavy atom. The van der Waals surface area contributed by atoms with Crippen molar-refractivity contribution in [3.63, 3.8) is 0 Å². The summed E-state index contributed by atoms with van der Waals surface area (Å²) in [6, 6.07) is 6.14. The zero-order valence-electron chi connectivity index (χ0n) is 12.7. The van der Waals surface area contributed by atoms with Gasteiger partial charge in [0.15, 0.2) is 0 Å². The molecule has 2 rings (SSSR count). The van der Waals surface area contributed by atoms with Crippen molar-refractivity contribution in [2.24, 2.45) is 10.7 Å². The van der Waals surface area contributed by atoms with E-state index < -0.39 is 37.2 Å². The quantitative estimate of drug-likeness (QED) is 0.451. The van der Waals surface area contributed by atoms with E-state index in [4.69, 9.17) is 9.79 Å². The third-order valence-electron chi connectivity index (χ3n) is 3.72. The van der Waals surface area contributed by atoms with Crippen LogP contribution in [-0.4, -0.2) is 42.0 Å². The maximum atomic E-state index is 11.1. The highest BCUT2D eigenvalue weighted by Gasteiger charge is 2.36. The van der Waals surface area contributed by atoms with Crippen molar-refractivity contribution in [3.05, 3.63) is 53.5 Å². The van der Waals surface area contributed by atoms with Gasteiger partial charge in [0.05, 0.1) is 17.7 Å². The summed E-state index contributed by atoms with van der Waals surface area (Å²) in [6.07, 6.45) is 0.640. The smallest absolute Gasteiger partial charge is 0.448 e. The molecule has 1 aromatic rings. The number of hydrogen-bond acceptors (Lipinski definition) is 5. The van der Waals surface area contributed by atoms with Crippen LogP contribution in [0.2, 0.25) is 0 Å². The highest BCUT2D eigenvalue weighted by molar-refractivity contribution is 7.50. The molecule has 130 valence electrons. The fraction of sp³-hybridized carbons (Fsp3) is 0.267. The fourth-order valence-electron chi connectivity index (χ4n) is 2.56. The molecule has 0 heterocycles. The van der Waals surface area contributed by atoms with Gasteiger partial charge < -0.3 is 30.2 Å². The van der Waals surface area contributed by atoms with Crippen LogP contribution in [0, 0.1) is 5.92 Å². The molecule has 0 spiro atoms. The first-order chi connectivity index (χ1) is 11.1. The minimum atomic E-state index is -4.83. The van der Waals surface area contributed by atoms with Crippen LogP contribution in [0.15, 0.2) is 52.7 Å². The maximum absolute atomic E-state index is 11.1. The van der Waals surface area contributed by atoms with E-state index in [2.05, 4.69) is 4.76 Å². The second-order valence-corrected chi connectivity index (χ2v) is 6.76. The molecule has 0 aromatic heterocycles. The molecule has 6 N–H and O–H groups in total. The number of aliphatic hydroxyl groups is 3. The van der Waals surface area contributed by atoms with Crippen molar-refractivity contribution in [1.82, 2.24) is 0 Å². The Kier molecular flexibility index (Phi) is 5.15. The number of phenolic OH excluding ortho intramolecular Hbond substituents is 1. The van der Waals surface area contributed by atoms with Gasteiger partial charge in [0, 0.05) is 18.1 Å². The van der Waals surface area contributed by atoms with E-state index in [1.165, 1.54) is 12.1 Å². The first-order valence-electron chi connectivity index (χ1n) is 7.02. The lowest BCUT2D eigenvalue weighted by Gasteiger charge is -2.29. The van der Waals surface area contributed by atoms with Crippen LogP contribution in [0.3, 0.4) is 0 Å². The van der Waals surface area contributed by atoms with Crippen molar-refractivity contribution in [2.75, 3.05) is 0 Å². The molecular formula is C15H18NO7P. The van der Waals surface area contributed by atoms with Crippen molar-refractivity contribution < 1.29 is 34.8 Å². The van der Waals surface area contributed by atoms with Crippen LogP contribution >= 0.6 is 7.75 Å². The van der Waals surface area contributed by atoms with Gasteiger partial charge in [-0.2, -0.15) is 4.76 Å². The molecule has 0 saturated carbocycles. The van der Waals surface area contributed by atoms with E-state index in [0.717, 1.165) is 12.2 Å². The minimum Gasteiger partial charge on any atom is -0.511 e. The van der Waals surface area contributed by atoms with E-state index in [9.17, 15) is 25.0 Å². The summed E-state index contributed by atoms with van der Waals surface area (Å²) >= 11 is 0. The predicted octanol–water partition coefficient (Wildman–Crippen LogP) is 1.90. The zero-order valence-corrected chi connectivity index (χ0v) is 13.6. The average Bonchev–Trinajstić information content (AvgIpc) is 2.43. The summed E-state index contributed by atoms with van der Waals surface area (Å²) in [5.74, 6) is -2.74. The van der Waals surface area contributed by atoms with Crippen LogP contribution in [0.4, 0.5) is 0 Å². The standard InChI is InChI=1S/C15H18NO7P/c1-8(9-3-2-4-10(17)5-9)15(20)14-12(16-24(21,22)23)6-11(18)7-13(14)19/h2-8,14-15,17-20H,1H3,(H2,21,22,23). The molecule has 0 bridgehead atoms. The highest BCUT2D eigenvalue weighted by atomic mass is 31.2. The predicted molar refractivity (Wildman–Crippen MR) is 86.9 cm³/mol. The molecule has 0 saturated heterocycles. The number of aliphatic hydroxyl groups excluding tert-OH is 3. The van der Waals surface area contributed by atoms with Gasteiger partial charge in [0.1, 0.15) is 17.3 Å². The SMILES string of the molecule is CC(c1cccc(O)c1)C(O)C1C(O)=CC(O)=CC1=NP(=O)(O)O. The molecule has 3 unspecified atom stereocenters. The number of benzene rings is 1. The third kappa shape index (κ3) is 4.24. The molecule has 1 aromatic carbocycles. The number of rotatable bonds is 4. The van der Waals surface area contributed by atoms with Gasteiger partial charge >= 0.3 is 7.75 Å². The van der Waals surface area contributed by atoms with Gasteiger partial charge in [-0.3, -0.25) is 0 Å². The first kappa shape index (κ1) is 18.2. The van der Waals surface area contributed by atoms with Gasteiger partial charge in [-0.25, -0.2) is 4.57 Å². The van der Waals surface area contributed by atoms with Crippen LogP contribution in [0.1, 0.15) is 18.4 Å². The molecule has 1 aliphatic carbocycles. The zero-order chi connectivity index (χ0) is 18.1. The fourth-order valence-corrected chi connectivity index (χ4v) is 3.04. The van der Waals surface area contributed by atoms with Crippen molar-refractivity contribution in [1.29, 1.82) is 0 Å². The average molecular weight is 355 g/mol. The van der Waals surface area contributed by atoms with E-state index in [0.29, 0.717) is 5.56 Å². The number of nitrogens with zero attached hydrogens (tertiary/aromatic N) is 1. The summed E-state index contributed by atoms with van der Waals surface area (Å²) in [7, 11) is -4.83. The minimum absolute atomic E-state index is 0.00314. The molecule has 0 aliphatic heterocycles. The molecule has 1 aliphatic rings. The molecule has 3 atom stereocenters. The van der Waals surface area contributed by atoms with Gasteiger partial charge in [0.2, 0.25) is 0 Å². The monoisotopic (exact) mass is 355 g/mol. The van der Waals surface area contributed by atoms with Crippen LogP contribution in [-0.2, 0) is 4.57 Å². The summed E-state index contributed by atoms with van der Waals surface area (Å²) < 4.78 is 14.3. The summed E-state index contributed by atoms with van der Waals surface area (Å²) in [5.41, 5.74) is 0.227. The second kappa shape index (κ2) is 6.78. The van der Waals surface area contributed by atoms with E-state index in [-0.39, 0.29) is 11.5 Å². The maximum Gasteiger partial charge on any atom is 0.448 e. The molecule has 8 nitrogen and oxygen atoms in total. The largest absolute Gasteiger partial charge is 0.511 e.